The van der Waals surface area contributed by atoms with Gasteiger partial charge in [0, 0.05) is 25.6 Å². The summed E-state index contributed by atoms with van der Waals surface area (Å²) in [6.07, 6.45) is 8.44. The van der Waals surface area contributed by atoms with E-state index in [4.69, 9.17) is 5.73 Å². The highest BCUT2D eigenvalue weighted by molar-refractivity contribution is 5.83. The number of hydrogen-bond donors (Lipinski definition) is 2. The number of likely N-dealkylation sites (tertiary alicyclic amines) is 1. The van der Waals surface area contributed by atoms with Gasteiger partial charge in [-0.15, -0.1) is 0 Å². The van der Waals surface area contributed by atoms with E-state index in [1.54, 1.807) is 0 Å². The molecular weight excluding hydrogens is 252 g/mol. The fourth-order valence-electron chi connectivity index (χ4n) is 4.65. The Bertz CT molecular complexity index is 363. The number of hydrogen-bond acceptors (Lipinski definition) is 3. The van der Waals surface area contributed by atoms with E-state index in [1.165, 1.54) is 12.8 Å². The highest BCUT2D eigenvalue weighted by Crippen LogP contribution is 2.42. The summed E-state index contributed by atoms with van der Waals surface area (Å²) in [4.78, 5) is 15.0. The first kappa shape index (κ1) is 14.3. The van der Waals surface area contributed by atoms with Crippen LogP contribution in [-0.2, 0) is 4.79 Å². The van der Waals surface area contributed by atoms with Crippen LogP contribution in [0.1, 0.15) is 51.4 Å². The molecule has 3 aliphatic rings. The largest absolute Gasteiger partial charge is 0.393 e. The van der Waals surface area contributed by atoms with E-state index in [0.717, 1.165) is 51.6 Å². The van der Waals surface area contributed by atoms with Crippen LogP contribution in [0.25, 0.3) is 0 Å². The lowest BCUT2D eigenvalue weighted by atomic mass is 9.79. The third-order valence-corrected chi connectivity index (χ3v) is 6.01. The van der Waals surface area contributed by atoms with Crippen molar-refractivity contribution < 1.29 is 9.90 Å². The zero-order valence-corrected chi connectivity index (χ0v) is 12.4. The highest BCUT2D eigenvalue weighted by atomic mass is 16.3. The molecule has 4 nitrogen and oxygen atoms in total. The van der Waals surface area contributed by atoms with Gasteiger partial charge in [-0.1, -0.05) is 25.7 Å². The summed E-state index contributed by atoms with van der Waals surface area (Å²) in [5, 5.41) is 10.0. The number of rotatable bonds is 2. The summed E-state index contributed by atoms with van der Waals surface area (Å²) >= 11 is 0. The number of nitrogens with two attached hydrogens (primary N) is 1. The summed E-state index contributed by atoms with van der Waals surface area (Å²) < 4.78 is 0. The first-order valence-corrected chi connectivity index (χ1v) is 8.34. The fraction of sp³-hybridized carbons (Fsp3) is 0.938. The SMILES string of the molecule is NCC1(C(=O)N2CC3CCC(O)C3C2)CCCCCC1. The third-order valence-electron chi connectivity index (χ3n) is 6.01. The Balaban J connectivity index is 1.71. The molecule has 3 N–H and O–H groups in total. The minimum absolute atomic E-state index is 0.194. The van der Waals surface area contributed by atoms with Gasteiger partial charge in [-0.2, -0.15) is 0 Å². The lowest BCUT2D eigenvalue weighted by Crippen LogP contribution is -2.47. The van der Waals surface area contributed by atoms with Gasteiger partial charge >= 0.3 is 0 Å². The van der Waals surface area contributed by atoms with E-state index in [1.807, 2.05) is 4.90 Å². The average molecular weight is 280 g/mol. The summed E-state index contributed by atoms with van der Waals surface area (Å²) in [6, 6.07) is 0. The third kappa shape index (κ3) is 2.37. The molecule has 3 rings (SSSR count). The van der Waals surface area contributed by atoms with E-state index in [0.29, 0.717) is 18.4 Å². The van der Waals surface area contributed by atoms with Gasteiger partial charge in [-0.05, 0) is 31.6 Å². The van der Waals surface area contributed by atoms with Crippen molar-refractivity contribution >= 4 is 5.91 Å². The number of aliphatic hydroxyl groups is 1. The first-order chi connectivity index (χ1) is 9.66. The highest BCUT2D eigenvalue weighted by Gasteiger charge is 2.47. The van der Waals surface area contributed by atoms with Crippen molar-refractivity contribution in [3.8, 4) is 0 Å². The van der Waals surface area contributed by atoms with Crippen LogP contribution in [0.2, 0.25) is 0 Å². The van der Waals surface area contributed by atoms with Crippen molar-refractivity contribution in [3.05, 3.63) is 0 Å². The molecule has 2 aliphatic carbocycles. The predicted octanol–water partition coefficient (Wildman–Crippen LogP) is 1.51. The van der Waals surface area contributed by atoms with Crippen molar-refractivity contribution in [2.24, 2.45) is 23.0 Å². The van der Waals surface area contributed by atoms with E-state index >= 15 is 0 Å². The van der Waals surface area contributed by atoms with E-state index in [2.05, 4.69) is 0 Å². The maximum atomic E-state index is 13.0. The van der Waals surface area contributed by atoms with Gasteiger partial charge in [-0.25, -0.2) is 0 Å². The molecule has 3 unspecified atom stereocenters. The fourth-order valence-corrected chi connectivity index (χ4v) is 4.65. The van der Waals surface area contributed by atoms with Crippen molar-refractivity contribution in [2.75, 3.05) is 19.6 Å². The topological polar surface area (TPSA) is 66.6 Å². The van der Waals surface area contributed by atoms with Crippen LogP contribution in [0.5, 0.6) is 0 Å². The van der Waals surface area contributed by atoms with Gasteiger partial charge in [0.1, 0.15) is 0 Å². The molecule has 1 saturated heterocycles. The molecule has 0 radical (unpaired) electrons. The normalized spacial score (nSPS) is 36.7. The lowest BCUT2D eigenvalue weighted by molar-refractivity contribution is -0.142. The van der Waals surface area contributed by atoms with Crippen LogP contribution in [-0.4, -0.2) is 41.7 Å². The van der Waals surface area contributed by atoms with Crippen LogP contribution in [0.4, 0.5) is 0 Å². The smallest absolute Gasteiger partial charge is 0.230 e. The molecule has 1 aliphatic heterocycles. The van der Waals surface area contributed by atoms with Crippen LogP contribution in [0.15, 0.2) is 0 Å². The number of nitrogens with zero attached hydrogens (tertiary/aromatic N) is 1. The molecule has 2 saturated carbocycles. The molecule has 114 valence electrons. The standard InChI is InChI=1S/C16H28N2O2/c17-11-16(7-3-1-2-4-8-16)15(20)18-9-12-5-6-14(19)13(12)10-18/h12-14,19H,1-11,17H2. The molecule has 3 fully saturated rings. The molecule has 0 aromatic heterocycles. The van der Waals surface area contributed by atoms with E-state index < -0.39 is 0 Å². The minimum Gasteiger partial charge on any atom is -0.393 e. The molecule has 4 heteroatoms. The number of carbonyl (C=O) groups excluding carboxylic acids is 1. The Kier molecular flexibility index (Phi) is 4.04. The van der Waals surface area contributed by atoms with Gasteiger partial charge < -0.3 is 15.7 Å². The van der Waals surface area contributed by atoms with Crippen LogP contribution in [0.3, 0.4) is 0 Å². The lowest BCUT2D eigenvalue weighted by Gasteiger charge is -2.34. The minimum atomic E-state index is -0.305. The monoisotopic (exact) mass is 280 g/mol. The summed E-state index contributed by atoms with van der Waals surface area (Å²) in [7, 11) is 0. The van der Waals surface area contributed by atoms with Gasteiger partial charge in [0.05, 0.1) is 11.5 Å². The van der Waals surface area contributed by atoms with Gasteiger partial charge in [-0.3, -0.25) is 4.79 Å². The van der Waals surface area contributed by atoms with E-state index in [-0.39, 0.29) is 17.4 Å². The van der Waals surface area contributed by atoms with E-state index in [9.17, 15) is 9.90 Å². The Morgan fingerprint density at radius 1 is 1.15 bits per heavy atom. The van der Waals surface area contributed by atoms with Crippen LogP contribution < -0.4 is 5.73 Å². The van der Waals surface area contributed by atoms with Crippen molar-refractivity contribution in [1.82, 2.24) is 4.90 Å². The molecule has 1 heterocycles. The number of fused-ring (bicyclic) bond motifs is 1. The van der Waals surface area contributed by atoms with Crippen molar-refractivity contribution in [2.45, 2.75) is 57.5 Å². The second kappa shape index (κ2) is 5.64. The zero-order chi connectivity index (χ0) is 14.2. The second-order valence-corrected chi connectivity index (χ2v) is 7.18. The van der Waals surface area contributed by atoms with Crippen LogP contribution >= 0.6 is 0 Å². The van der Waals surface area contributed by atoms with Gasteiger partial charge in [0.2, 0.25) is 5.91 Å². The number of amides is 1. The maximum absolute atomic E-state index is 13.0. The number of carbonyl (C=O) groups is 1. The molecule has 0 bridgehead atoms. The first-order valence-electron chi connectivity index (χ1n) is 8.34. The molecular formula is C16H28N2O2. The van der Waals surface area contributed by atoms with Gasteiger partial charge in [0.25, 0.3) is 0 Å². The van der Waals surface area contributed by atoms with Gasteiger partial charge in [0.15, 0.2) is 0 Å². The summed E-state index contributed by atoms with van der Waals surface area (Å²) in [5.74, 6) is 1.12. The van der Waals surface area contributed by atoms with Crippen molar-refractivity contribution in [3.63, 3.8) is 0 Å². The molecule has 0 aromatic carbocycles. The molecule has 1 amide bonds. The number of aliphatic hydroxyl groups excluding tert-OH is 1. The Morgan fingerprint density at radius 2 is 1.85 bits per heavy atom. The molecule has 0 aromatic rings. The Hall–Kier alpha value is -0.610. The second-order valence-electron chi connectivity index (χ2n) is 7.18. The van der Waals surface area contributed by atoms with Crippen LogP contribution in [0, 0.1) is 17.3 Å². The molecule has 20 heavy (non-hydrogen) atoms. The predicted molar refractivity (Wildman–Crippen MR) is 78.0 cm³/mol. The maximum Gasteiger partial charge on any atom is 0.230 e. The quantitative estimate of drug-likeness (QED) is 0.754. The Morgan fingerprint density at radius 3 is 2.45 bits per heavy atom. The molecule has 0 spiro atoms. The average Bonchev–Trinajstić information content (AvgIpc) is 2.92. The summed E-state index contributed by atoms with van der Waals surface area (Å²) in [6.45, 7) is 2.09. The molecule has 3 atom stereocenters. The van der Waals surface area contributed by atoms with Crippen molar-refractivity contribution in [1.29, 1.82) is 0 Å². The summed E-state index contributed by atoms with van der Waals surface area (Å²) in [5.41, 5.74) is 5.72. The zero-order valence-electron chi connectivity index (χ0n) is 12.4. The Labute approximate surface area is 121 Å².